The number of rotatable bonds is 15. The van der Waals surface area contributed by atoms with Crippen LogP contribution in [-0.4, -0.2) is 11.7 Å². The van der Waals surface area contributed by atoms with E-state index in [0.717, 1.165) is 57.8 Å². The van der Waals surface area contributed by atoms with Crippen LogP contribution in [-0.2, 0) is 0 Å². The van der Waals surface area contributed by atoms with E-state index in [2.05, 4.69) is 100 Å². The van der Waals surface area contributed by atoms with E-state index in [-0.39, 0.29) is 12.8 Å². The van der Waals surface area contributed by atoms with Crippen LogP contribution in [0.5, 0.6) is 0 Å². The van der Waals surface area contributed by atoms with Crippen LogP contribution in [0.1, 0.15) is 93.9 Å². The van der Waals surface area contributed by atoms with Gasteiger partial charge in [0.05, 0.1) is 0 Å². The van der Waals surface area contributed by atoms with Crippen LogP contribution < -0.4 is 6.15 Å². The van der Waals surface area contributed by atoms with E-state index >= 15 is 0 Å². The standard InChI is InChI=1S/C30H44.C3H8.C2H6O.H3N/c1-12-22(4)15-17-24(6)25(7)19-20-27(9)29(11)30(14-3)21-28(10)26(8)18-16-23(5)13-2;1-3-2;1-2-3;/h16,18-22,24H,5,7-15,17H2,1-4,6H3;3H2,1-2H3;3H,2H2,1H3;1H3/b18-16-,20-19-,30-21-;;;. The molecule has 0 aliphatic heterocycles. The first-order chi connectivity index (χ1) is 16.9. The van der Waals surface area contributed by atoms with E-state index in [9.17, 15) is 0 Å². The Morgan fingerprint density at radius 2 is 1.19 bits per heavy atom. The number of allylic oxidation sites excluding steroid dienone is 12. The van der Waals surface area contributed by atoms with E-state index in [0.29, 0.717) is 5.92 Å². The zero-order valence-corrected chi connectivity index (χ0v) is 25.9. The van der Waals surface area contributed by atoms with Crippen molar-refractivity contribution in [3.63, 3.8) is 0 Å². The number of hydrogen-bond donors (Lipinski definition) is 2. The smallest absolute Gasteiger partial charge is 0.0402 e. The Morgan fingerprint density at radius 3 is 1.62 bits per heavy atom. The lowest BCUT2D eigenvalue weighted by Crippen LogP contribution is -2.01. The summed E-state index contributed by atoms with van der Waals surface area (Å²) in [5.41, 5.74) is 6.95. The number of hydrogen-bond acceptors (Lipinski definition) is 2. The molecule has 0 heterocycles. The predicted molar refractivity (Wildman–Crippen MR) is 173 cm³/mol. The van der Waals surface area contributed by atoms with E-state index in [1.807, 2.05) is 18.2 Å². The highest BCUT2D eigenvalue weighted by molar-refractivity contribution is 5.54. The molecule has 0 aliphatic rings. The molecule has 0 bridgehead atoms. The van der Waals surface area contributed by atoms with Crippen molar-refractivity contribution in [3.8, 4) is 0 Å². The Kier molecular flexibility index (Phi) is 30.0. The summed E-state index contributed by atoms with van der Waals surface area (Å²) < 4.78 is 0. The van der Waals surface area contributed by atoms with Gasteiger partial charge in [-0.05, 0) is 65.9 Å². The predicted octanol–water partition coefficient (Wildman–Crippen LogP) is 11.2. The molecule has 2 atom stereocenters. The maximum Gasteiger partial charge on any atom is 0.0402 e. The summed E-state index contributed by atoms with van der Waals surface area (Å²) in [6.45, 7) is 42.2. The Bertz CT molecular complexity index is 786. The summed E-state index contributed by atoms with van der Waals surface area (Å²) in [6.07, 6.45) is 16.8. The molecule has 0 aromatic carbocycles. The number of aliphatic hydroxyl groups excluding tert-OH is 1. The molecular weight excluding hydrogens is 450 g/mol. The maximum absolute atomic E-state index is 7.57. The second-order valence-corrected chi connectivity index (χ2v) is 9.35. The molecule has 0 saturated carbocycles. The zero-order chi connectivity index (χ0) is 28.7. The third kappa shape index (κ3) is 22.5. The molecule has 0 aromatic rings. The highest BCUT2D eigenvalue weighted by Crippen LogP contribution is 2.25. The fraction of sp³-hybridized carbons (Fsp3) is 0.486. The summed E-state index contributed by atoms with van der Waals surface area (Å²) in [5.74, 6) is 1.25. The van der Waals surface area contributed by atoms with Gasteiger partial charge in [0.2, 0.25) is 0 Å². The first kappa shape index (κ1) is 41.7. The Balaban J connectivity index is -0.000000703. The van der Waals surface area contributed by atoms with E-state index in [1.54, 1.807) is 6.92 Å². The lowest BCUT2D eigenvalue weighted by Gasteiger charge is -2.15. The molecule has 4 N–H and O–H groups in total. The quantitative estimate of drug-likeness (QED) is 0.215. The fourth-order valence-electron chi connectivity index (χ4n) is 2.75. The average molecular weight is 512 g/mol. The summed E-state index contributed by atoms with van der Waals surface area (Å²) in [7, 11) is 0. The second kappa shape index (κ2) is 26.6. The van der Waals surface area contributed by atoms with Crippen LogP contribution in [0, 0.1) is 11.8 Å². The molecule has 0 rings (SSSR count). The highest BCUT2D eigenvalue weighted by Gasteiger charge is 2.08. The van der Waals surface area contributed by atoms with E-state index in [1.165, 1.54) is 25.7 Å². The van der Waals surface area contributed by atoms with Crippen molar-refractivity contribution < 1.29 is 5.11 Å². The summed E-state index contributed by atoms with van der Waals surface area (Å²) in [6, 6.07) is 0. The van der Waals surface area contributed by atoms with Crippen molar-refractivity contribution in [2.24, 2.45) is 11.8 Å². The molecule has 0 amide bonds. The van der Waals surface area contributed by atoms with Crippen molar-refractivity contribution in [1.29, 1.82) is 0 Å². The maximum atomic E-state index is 7.57. The minimum Gasteiger partial charge on any atom is -0.397 e. The third-order valence-corrected chi connectivity index (χ3v) is 5.81. The van der Waals surface area contributed by atoms with E-state index < -0.39 is 0 Å². The third-order valence-electron chi connectivity index (χ3n) is 5.81. The monoisotopic (exact) mass is 511 g/mol. The van der Waals surface area contributed by atoms with Gasteiger partial charge in [0.15, 0.2) is 0 Å². The molecule has 212 valence electrons. The van der Waals surface area contributed by atoms with Gasteiger partial charge in [-0.2, -0.15) is 0 Å². The molecule has 2 nitrogen and oxygen atoms in total. The van der Waals surface area contributed by atoms with Crippen LogP contribution in [0.3, 0.4) is 0 Å². The van der Waals surface area contributed by atoms with Gasteiger partial charge in [-0.1, -0.05) is 149 Å². The van der Waals surface area contributed by atoms with Crippen LogP contribution in [0.15, 0.2) is 109 Å². The SMILES string of the molecule is C=C(/C=C\C(=C)C(=C)/C=C(/CC)C(=C)C(=C)/C=C\C(=C)C(C)CCC(C)CC)CC.CCC.CCO.N. The zero-order valence-electron chi connectivity index (χ0n) is 25.9. The van der Waals surface area contributed by atoms with Crippen molar-refractivity contribution in [2.45, 2.75) is 93.9 Å². The van der Waals surface area contributed by atoms with Gasteiger partial charge in [-0.15, -0.1) is 0 Å². The normalized spacial score (nSPS) is 12.3. The summed E-state index contributed by atoms with van der Waals surface area (Å²) in [5, 5.41) is 7.57. The lowest BCUT2D eigenvalue weighted by molar-refractivity contribution is 0.318. The topological polar surface area (TPSA) is 55.2 Å². The molecule has 0 saturated heterocycles. The van der Waals surface area contributed by atoms with Crippen molar-refractivity contribution in [1.82, 2.24) is 6.15 Å². The van der Waals surface area contributed by atoms with Crippen molar-refractivity contribution in [3.05, 3.63) is 109 Å². The summed E-state index contributed by atoms with van der Waals surface area (Å²) in [4.78, 5) is 0. The highest BCUT2D eigenvalue weighted by atomic mass is 16.2. The van der Waals surface area contributed by atoms with Gasteiger partial charge in [0.1, 0.15) is 0 Å². The molecule has 0 radical (unpaired) electrons. The molecule has 0 aliphatic carbocycles. The molecule has 0 aromatic heterocycles. The van der Waals surface area contributed by atoms with Crippen molar-refractivity contribution in [2.75, 3.05) is 6.61 Å². The molecule has 0 fully saturated rings. The minimum atomic E-state index is 0. The second-order valence-electron chi connectivity index (χ2n) is 9.35. The van der Waals surface area contributed by atoms with Crippen molar-refractivity contribution >= 4 is 0 Å². The Labute approximate surface area is 232 Å². The average Bonchev–Trinajstić information content (AvgIpc) is 2.86. The van der Waals surface area contributed by atoms with Crippen LogP contribution >= 0.6 is 0 Å². The molecule has 37 heavy (non-hydrogen) atoms. The summed E-state index contributed by atoms with van der Waals surface area (Å²) >= 11 is 0. The molecular formula is C35H61NO. The van der Waals surface area contributed by atoms with Gasteiger partial charge in [-0.3, -0.25) is 0 Å². The van der Waals surface area contributed by atoms with Crippen LogP contribution in [0.2, 0.25) is 0 Å². The molecule has 2 unspecified atom stereocenters. The molecule has 0 spiro atoms. The first-order valence-electron chi connectivity index (χ1n) is 13.7. The molecule has 2 heteroatoms. The van der Waals surface area contributed by atoms with Crippen LogP contribution in [0.25, 0.3) is 0 Å². The first-order valence-corrected chi connectivity index (χ1v) is 13.7. The van der Waals surface area contributed by atoms with Crippen LogP contribution in [0.4, 0.5) is 0 Å². The Morgan fingerprint density at radius 1 is 0.703 bits per heavy atom. The largest absolute Gasteiger partial charge is 0.397 e. The van der Waals surface area contributed by atoms with Gasteiger partial charge >= 0.3 is 0 Å². The van der Waals surface area contributed by atoms with Gasteiger partial charge < -0.3 is 11.3 Å². The number of aliphatic hydroxyl groups is 1. The Hall–Kier alpha value is -2.42. The fourth-order valence-corrected chi connectivity index (χ4v) is 2.75. The van der Waals surface area contributed by atoms with E-state index in [4.69, 9.17) is 5.11 Å². The van der Waals surface area contributed by atoms with Gasteiger partial charge in [0, 0.05) is 6.61 Å². The lowest BCUT2D eigenvalue weighted by atomic mass is 9.90. The van der Waals surface area contributed by atoms with Gasteiger partial charge in [-0.25, -0.2) is 0 Å². The minimum absolute atomic E-state index is 0. The van der Waals surface area contributed by atoms with Gasteiger partial charge in [0.25, 0.3) is 0 Å².